The zero-order valence-electron chi connectivity index (χ0n) is 15.2. The Bertz CT molecular complexity index is 765. The monoisotopic (exact) mass is 351 g/mol. The van der Waals surface area contributed by atoms with Crippen LogP contribution in [0.2, 0.25) is 0 Å². The van der Waals surface area contributed by atoms with Gasteiger partial charge in [-0.3, -0.25) is 4.79 Å². The highest BCUT2D eigenvalue weighted by Gasteiger charge is 2.11. The summed E-state index contributed by atoms with van der Waals surface area (Å²) in [6, 6.07) is 14.0. The molecule has 2 aromatic rings. The van der Waals surface area contributed by atoms with Gasteiger partial charge in [-0.05, 0) is 61.2 Å². The van der Waals surface area contributed by atoms with E-state index in [1.807, 2.05) is 42.5 Å². The average molecular weight is 351 g/mol. The molecule has 136 valence electrons. The van der Waals surface area contributed by atoms with Crippen LogP contribution >= 0.6 is 0 Å². The fraction of sp³-hybridized carbons (Fsp3) is 0.318. The fourth-order valence-corrected chi connectivity index (χ4v) is 2.80. The molecule has 1 N–H and O–H groups in total. The Morgan fingerprint density at radius 2 is 2.04 bits per heavy atom. The highest BCUT2D eigenvalue weighted by molar-refractivity contribution is 5.91. The molecular formula is C22H25NO3. The SMILES string of the molecule is Cc1ccc(OCCCCNC(=O)/C=C/c2ccc3c(c2)CCO3)cc1. The van der Waals surface area contributed by atoms with Crippen molar-refractivity contribution >= 4 is 12.0 Å². The maximum atomic E-state index is 11.9. The summed E-state index contributed by atoms with van der Waals surface area (Å²) >= 11 is 0. The van der Waals surface area contributed by atoms with Crippen LogP contribution in [0.1, 0.15) is 29.5 Å². The summed E-state index contributed by atoms with van der Waals surface area (Å²) < 4.78 is 11.2. The molecule has 0 aromatic heterocycles. The maximum Gasteiger partial charge on any atom is 0.243 e. The van der Waals surface area contributed by atoms with Crippen LogP contribution in [0.25, 0.3) is 6.08 Å². The second kappa shape index (κ2) is 9.09. The molecule has 4 nitrogen and oxygen atoms in total. The second-order valence-corrected chi connectivity index (χ2v) is 6.46. The molecule has 3 rings (SSSR count). The Labute approximate surface area is 154 Å². The van der Waals surface area contributed by atoms with E-state index >= 15 is 0 Å². The van der Waals surface area contributed by atoms with Gasteiger partial charge in [-0.15, -0.1) is 0 Å². The lowest BCUT2D eigenvalue weighted by Gasteiger charge is -2.06. The quantitative estimate of drug-likeness (QED) is 0.579. The lowest BCUT2D eigenvalue weighted by molar-refractivity contribution is -0.116. The molecule has 1 aliphatic heterocycles. The van der Waals surface area contributed by atoms with Crippen molar-refractivity contribution in [3.05, 3.63) is 65.2 Å². The van der Waals surface area contributed by atoms with E-state index < -0.39 is 0 Å². The van der Waals surface area contributed by atoms with Crippen LogP contribution in [0.3, 0.4) is 0 Å². The number of rotatable bonds is 8. The summed E-state index contributed by atoms with van der Waals surface area (Å²) in [6.07, 6.45) is 6.16. The van der Waals surface area contributed by atoms with Gasteiger partial charge in [-0.25, -0.2) is 0 Å². The van der Waals surface area contributed by atoms with Crippen LogP contribution in [-0.4, -0.2) is 25.7 Å². The van der Waals surface area contributed by atoms with E-state index in [0.717, 1.165) is 42.9 Å². The molecule has 0 unspecified atom stereocenters. The smallest absolute Gasteiger partial charge is 0.243 e. The minimum Gasteiger partial charge on any atom is -0.494 e. The molecule has 26 heavy (non-hydrogen) atoms. The number of benzene rings is 2. The standard InChI is InChI=1S/C22H25NO3/c1-17-4-8-20(9-5-17)25-14-3-2-13-23-22(24)11-7-18-6-10-21-19(16-18)12-15-26-21/h4-11,16H,2-3,12-15H2,1H3,(H,23,24)/b11-7+. The van der Waals surface area contributed by atoms with Crippen molar-refractivity contribution in [3.63, 3.8) is 0 Å². The molecule has 1 amide bonds. The van der Waals surface area contributed by atoms with Crippen molar-refractivity contribution in [2.45, 2.75) is 26.2 Å². The van der Waals surface area contributed by atoms with Gasteiger partial charge in [-0.2, -0.15) is 0 Å². The first-order chi connectivity index (χ1) is 12.7. The number of carbonyl (C=O) groups is 1. The Kier molecular flexibility index (Phi) is 6.31. The third-order valence-corrected chi connectivity index (χ3v) is 4.30. The molecule has 0 saturated heterocycles. The number of ether oxygens (including phenoxy) is 2. The Balaban J connectivity index is 1.31. The van der Waals surface area contributed by atoms with E-state index in [2.05, 4.69) is 18.3 Å². The molecule has 0 bridgehead atoms. The molecule has 0 spiro atoms. The van der Waals surface area contributed by atoms with Gasteiger partial charge in [0.05, 0.1) is 13.2 Å². The minimum absolute atomic E-state index is 0.0683. The molecule has 4 heteroatoms. The van der Waals surface area contributed by atoms with Gasteiger partial charge in [-0.1, -0.05) is 23.8 Å². The molecule has 0 saturated carbocycles. The maximum absolute atomic E-state index is 11.9. The first-order valence-electron chi connectivity index (χ1n) is 9.12. The predicted octanol–water partition coefficient (Wildman–Crippen LogP) is 3.92. The van der Waals surface area contributed by atoms with Crippen molar-refractivity contribution < 1.29 is 14.3 Å². The highest BCUT2D eigenvalue weighted by atomic mass is 16.5. The van der Waals surface area contributed by atoms with Gasteiger partial charge in [0.1, 0.15) is 11.5 Å². The summed E-state index contributed by atoms with van der Waals surface area (Å²) in [5, 5.41) is 2.91. The normalized spacial score (nSPS) is 12.7. The molecule has 0 aliphatic carbocycles. The van der Waals surface area contributed by atoms with E-state index in [-0.39, 0.29) is 5.91 Å². The van der Waals surface area contributed by atoms with Crippen molar-refractivity contribution in [1.29, 1.82) is 0 Å². The van der Waals surface area contributed by atoms with Crippen molar-refractivity contribution in [1.82, 2.24) is 5.32 Å². The van der Waals surface area contributed by atoms with E-state index in [1.165, 1.54) is 11.1 Å². The topological polar surface area (TPSA) is 47.6 Å². The Hall–Kier alpha value is -2.75. The molecule has 0 atom stereocenters. The second-order valence-electron chi connectivity index (χ2n) is 6.46. The number of hydrogen-bond donors (Lipinski definition) is 1. The minimum atomic E-state index is -0.0683. The van der Waals surface area contributed by atoms with Gasteiger partial charge in [0, 0.05) is 19.0 Å². The molecular weight excluding hydrogens is 326 g/mol. The number of aryl methyl sites for hydroxylation is 1. The van der Waals surface area contributed by atoms with Crippen LogP contribution < -0.4 is 14.8 Å². The third-order valence-electron chi connectivity index (χ3n) is 4.30. The van der Waals surface area contributed by atoms with Gasteiger partial charge >= 0.3 is 0 Å². The summed E-state index contributed by atoms with van der Waals surface area (Å²) in [7, 11) is 0. The first-order valence-corrected chi connectivity index (χ1v) is 9.12. The van der Waals surface area contributed by atoms with Crippen LogP contribution in [-0.2, 0) is 11.2 Å². The Morgan fingerprint density at radius 1 is 1.19 bits per heavy atom. The molecule has 2 aromatic carbocycles. The number of amides is 1. The van der Waals surface area contributed by atoms with Crippen molar-refractivity contribution in [2.75, 3.05) is 19.8 Å². The van der Waals surface area contributed by atoms with E-state index in [1.54, 1.807) is 6.08 Å². The lowest BCUT2D eigenvalue weighted by Crippen LogP contribution is -2.22. The number of unbranched alkanes of at least 4 members (excludes halogenated alkanes) is 1. The fourth-order valence-electron chi connectivity index (χ4n) is 2.80. The van der Waals surface area contributed by atoms with E-state index in [0.29, 0.717) is 13.2 Å². The van der Waals surface area contributed by atoms with Gasteiger partial charge in [0.15, 0.2) is 0 Å². The predicted molar refractivity (Wildman–Crippen MR) is 104 cm³/mol. The molecule has 0 radical (unpaired) electrons. The average Bonchev–Trinajstić information content (AvgIpc) is 3.12. The summed E-state index contributed by atoms with van der Waals surface area (Å²) in [6.45, 7) is 4.11. The molecule has 0 fully saturated rings. The molecule has 1 heterocycles. The van der Waals surface area contributed by atoms with E-state index in [9.17, 15) is 4.79 Å². The number of hydrogen-bond acceptors (Lipinski definition) is 3. The highest BCUT2D eigenvalue weighted by Crippen LogP contribution is 2.26. The largest absolute Gasteiger partial charge is 0.494 e. The Morgan fingerprint density at radius 3 is 2.88 bits per heavy atom. The van der Waals surface area contributed by atoms with Crippen molar-refractivity contribution in [2.24, 2.45) is 0 Å². The van der Waals surface area contributed by atoms with Crippen LogP contribution in [0.5, 0.6) is 11.5 Å². The van der Waals surface area contributed by atoms with Crippen LogP contribution in [0.15, 0.2) is 48.5 Å². The molecule has 1 aliphatic rings. The third kappa shape index (κ3) is 5.38. The van der Waals surface area contributed by atoms with Crippen LogP contribution in [0.4, 0.5) is 0 Å². The zero-order chi connectivity index (χ0) is 18.2. The van der Waals surface area contributed by atoms with Gasteiger partial charge in [0.2, 0.25) is 5.91 Å². The summed E-state index contributed by atoms with van der Waals surface area (Å²) in [4.78, 5) is 11.9. The summed E-state index contributed by atoms with van der Waals surface area (Å²) in [5.41, 5.74) is 3.46. The lowest BCUT2D eigenvalue weighted by atomic mass is 10.1. The zero-order valence-corrected chi connectivity index (χ0v) is 15.2. The number of fused-ring (bicyclic) bond motifs is 1. The number of nitrogens with one attached hydrogen (secondary N) is 1. The first kappa shape index (κ1) is 18.1. The van der Waals surface area contributed by atoms with E-state index in [4.69, 9.17) is 9.47 Å². The number of carbonyl (C=O) groups excluding carboxylic acids is 1. The van der Waals surface area contributed by atoms with Crippen molar-refractivity contribution in [3.8, 4) is 11.5 Å². The van der Waals surface area contributed by atoms with Gasteiger partial charge < -0.3 is 14.8 Å². The summed E-state index contributed by atoms with van der Waals surface area (Å²) in [5.74, 6) is 1.78. The van der Waals surface area contributed by atoms with Gasteiger partial charge in [0.25, 0.3) is 0 Å². The van der Waals surface area contributed by atoms with Crippen LogP contribution in [0, 0.1) is 6.92 Å².